The third-order valence-corrected chi connectivity index (χ3v) is 6.23. The first kappa shape index (κ1) is 24.0. The molecule has 2 N–H and O–H groups in total. The summed E-state index contributed by atoms with van der Waals surface area (Å²) in [7, 11) is 0. The van der Waals surface area contributed by atoms with Gasteiger partial charge in [0.25, 0.3) is 5.69 Å². The van der Waals surface area contributed by atoms with Gasteiger partial charge in [-0.25, -0.2) is 0 Å². The van der Waals surface area contributed by atoms with E-state index in [2.05, 4.69) is 0 Å². The Morgan fingerprint density at radius 1 is 1.17 bits per heavy atom. The van der Waals surface area contributed by atoms with Gasteiger partial charge in [-0.15, -0.1) is 0 Å². The number of nitro groups is 1. The number of ketones is 1. The zero-order chi connectivity index (χ0) is 25.7. The average Bonchev–Trinajstić information content (AvgIpc) is 2.77. The summed E-state index contributed by atoms with van der Waals surface area (Å²) < 4.78 is 40.3. The highest BCUT2D eigenvalue weighted by atomic mass is 19.4. The molecule has 4 rings (SSSR count). The first-order chi connectivity index (χ1) is 16.3. The van der Waals surface area contributed by atoms with Crippen molar-refractivity contribution in [2.75, 3.05) is 4.90 Å². The number of hydrogen-bond donors (Lipinski definition) is 1. The highest BCUT2D eigenvalue weighted by molar-refractivity contribution is 6.01. The maximum Gasteiger partial charge on any atom is 0.416 e. The van der Waals surface area contributed by atoms with Crippen LogP contribution in [0.15, 0.2) is 71.2 Å². The number of hydrogen-bond acceptors (Lipinski definition) is 6. The molecule has 10 heteroatoms. The lowest BCUT2D eigenvalue weighted by atomic mass is 9.68. The summed E-state index contributed by atoms with van der Waals surface area (Å²) in [4.78, 5) is 25.6. The van der Waals surface area contributed by atoms with E-state index in [1.54, 1.807) is 6.07 Å². The molecular weight excluding hydrogens is 461 g/mol. The number of rotatable bonds is 3. The topological polar surface area (TPSA) is 113 Å². The van der Waals surface area contributed by atoms with Gasteiger partial charge in [0.1, 0.15) is 5.82 Å². The third kappa shape index (κ3) is 4.25. The van der Waals surface area contributed by atoms with Crippen molar-refractivity contribution in [1.29, 1.82) is 5.26 Å². The smallest absolute Gasteiger partial charge is 0.384 e. The molecule has 0 saturated carbocycles. The zero-order valence-electron chi connectivity index (χ0n) is 18.9. The molecule has 1 aliphatic carbocycles. The van der Waals surface area contributed by atoms with Crippen LogP contribution >= 0.6 is 0 Å². The Balaban J connectivity index is 2.00. The molecule has 35 heavy (non-hydrogen) atoms. The van der Waals surface area contributed by atoms with Crippen molar-refractivity contribution in [2.45, 2.75) is 38.8 Å². The van der Waals surface area contributed by atoms with Crippen LogP contribution in [0.5, 0.6) is 0 Å². The molecule has 0 fully saturated rings. The van der Waals surface area contributed by atoms with Crippen LogP contribution < -0.4 is 10.6 Å². The van der Waals surface area contributed by atoms with E-state index in [0.717, 1.165) is 12.1 Å². The SMILES string of the molecule is CC1(C)CC(=O)C2=C(C1)N(c1cccc(C(F)(F)F)c1)C(N)=C(C#N)[C@H]2c1cccc([N+](=O)[O-])c1. The second kappa shape index (κ2) is 8.27. The number of non-ortho nitro benzene ring substituents is 1. The number of nitro benzene ring substituents is 1. The fourth-order valence-corrected chi connectivity index (χ4v) is 4.78. The fraction of sp³-hybridized carbons (Fsp3) is 0.280. The number of carbonyl (C=O) groups is 1. The van der Waals surface area contributed by atoms with Crippen LogP contribution in [0.3, 0.4) is 0 Å². The molecule has 2 aromatic carbocycles. The van der Waals surface area contributed by atoms with Crippen molar-refractivity contribution in [3.8, 4) is 6.07 Å². The third-order valence-electron chi connectivity index (χ3n) is 6.23. The van der Waals surface area contributed by atoms with Crippen molar-refractivity contribution in [2.24, 2.45) is 11.1 Å². The molecule has 180 valence electrons. The van der Waals surface area contributed by atoms with E-state index < -0.39 is 28.0 Å². The summed E-state index contributed by atoms with van der Waals surface area (Å²) in [6, 6.07) is 12.1. The Labute approximate surface area is 199 Å². The number of halogens is 3. The van der Waals surface area contributed by atoms with Crippen LogP contribution in [0, 0.1) is 26.9 Å². The Hall–Kier alpha value is -4.13. The van der Waals surface area contributed by atoms with E-state index in [9.17, 15) is 33.3 Å². The molecule has 7 nitrogen and oxygen atoms in total. The van der Waals surface area contributed by atoms with Gasteiger partial charge in [0.05, 0.1) is 28.0 Å². The Bertz CT molecular complexity index is 1350. The summed E-state index contributed by atoms with van der Waals surface area (Å²) in [5.41, 5.74) is 5.73. The molecule has 0 aromatic heterocycles. The number of anilines is 1. The predicted octanol–water partition coefficient (Wildman–Crippen LogP) is 5.55. The van der Waals surface area contributed by atoms with E-state index in [-0.39, 0.29) is 40.5 Å². The number of nitrogens with zero attached hydrogens (tertiary/aromatic N) is 3. The minimum absolute atomic E-state index is 0.0604. The minimum Gasteiger partial charge on any atom is -0.384 e. The summed E-state index contributed by atoms with van der Waals surface area (Å²) in [6.07, 6.45) is -4.16. The Kier molecular flexibility index (Phi) is 5.67. The summed E-state index contributed by atoms with van der Waals surface area (Å²) in [5.74, 6) is -1.38. The molecule has 0 saturated heterocycles. The molecule has 1 aliphatic heterocycles. The first-order valence-electron chi connectivity index (χ1n) is 10.7. The molecule has 0 spiro atoms. The second-order valence-electron chi connectivity index (χ2n) is 9.38. The lowest BCUT2D eigenvalue weighted by Gasteiger charge is -2.43. The van der Waals surface area contributed by atoms with E-state index >= 15 is 0 Å². The van der Waals surface area contributed by atoms with Crippen molar-refractivity contribution < 1.29 is 22.9 Å². The predicted molar refractivity (Wildman–Crippen MR) is 122 cm³/mol. The quantitative estimate of drug-likeness (QED) is 0.453. The van der Waals surface area contributed by atoms with Gasteiger partial charge in [-0.05, 0) is 35.6 Å². The summed E-state index contributed by atoms with van der Waals surface area (Å²) in [6.45, 7) is 3.72. The monoisotopic (exact) mass is 482 g/mol. The minimum atomic E-state index is -4.60. The molecular formula is C25H21F3N4O3. The number of carbonyl (C=O) groups excluding carboxylic acids is 1. The van der Waals surface area contributed by atoms with Gasteiger partial charge in [0.15, 0.2) is 5.78 Å². The number of benzene rings is 2. The van der Waals surface area contributed by atoms with Crippen molar-refractivity contribution >= 4 is 17.2 Å². The highest BCUT2D eigenvalue weighted by Crippen LogP contribution is 2.50. The number of allylic oxidation sites excluding steroid dienone is 3. The number of nitrogens with two attached hydrogens (primary N) is 1. The van der Waals surface area contributed by atoms with Crippen LogP contribution in [-0.4, -0.2) is 10.7 Å². The lowest BCUT2D eigenvalue weighted by Crippen LogP contribution is -2.42. The van der Waals surface area contributed by atoms with Gasteiger partial charge < -0.3 is 5.73 Å². The van der Waals surface area contributed by atoms with E-state index in [1.807, 2.05) is 19.9 Å². The fourth-order valence-electron chi connectivity index (χ4n) is 4.78. The van der Waals surface area contributed by atoms with Gasteiger partial charge in [0, 0.05) is 35.5 Å². The van der Waals surface area contributed by atoms with E-state index in [4.69, 9.17) is 5.73 Å². The highest BCUT2D eigenvalue weighted by Gasteiger charge is 2.45. The largest absolute Gasteiger partial charge is 0.416 e. The van der Waals surface area contributed by atoms with Gasteiger partial charge in [-0.1, -0.05) is 32.0 Å². The number of nitriles is 1. The summed E-state index contributed by atoms with van der Waals surface area (Å²) in [5, 5.41) is 21.4. The lowest BCUT2D eigenvalue weighted by molar-refractivity contribution is -0.384. The average molecular weight is 482 g/mol. The maximum atomic E-state index is 13.4. The van der Waals surface area contributed by atoms with Crippen LogP contribution in [-0.2, 0) is 11.0 Å². The molecule has 2 aliphatic rings. The van der Waals surface area contributed by atoms with Crippen LogP contribution in [0.2, 0.25) is 0 Å². The molecule has 1 heterocycles. The van der Waals surface area contributed by atoms with Gasteiger partial charge in [-0.3, -0.25) is 19.8 Å². The standard InChI is InChI=1S/C25H21F3N4O3/c1-24(2)11-19-22(20(33)12-24)21(14-5-3-8-17(9-14)32(34)35)18(13-29)23(30)31(19)16-7-4-6-15(10-16)25(26,27)28/h3-10,21H,11-12,30H2,1-2H3/t21-/m1/s1. The van der Waals surface area contributed by atoms with Crippen molar-refractivity contribution in [1.82, 2.24) is 0 Å². The van der Waals surface area contributed by atoms with Gasteiger partial charge in [-0.2, -0.15) is 18.4 Å². The first-order valence-corrected chi connectivity index (χ1v) is 10.7. The molecule has 2 aromatic rings. The van der Waals surface area contributed by atoms with E-state index in [0.29, 0.717) is 17.7 Å². The number of alkyl halides is 3. The van der Waals surface area contributed by atoms with Gasteiger partial charge >= 0.3 is 6.18 Å². The Morgan fingerprint density at radius 3 is 2.49 bits per heavy atom. The normalized spacial score (nSPS) is 19.9. The van der Waals surface area contributed by atoms with Crippen molar-refractivity contribution in [3.63, 3.8) is 0 Å². The van der Waals surface area contributed by atoms with Crippen LogP contribution in [0.1, 0.15) is 43.7 Å². The van der Waals surface area contributed by atoms with Gasteiger partial charge in [0.2, 0.25) is 0 Å². The number of Topliss-reactive ketones (excluding diaryl/α,β-unsaturated/α-hetero) is 1. The van der Waals surface area contributed by atoms with Crippen LogP contribution in [0.25, 0.3) is 0 Å². The van der Waals surface area contributed by atoms with Crippen LogP contribution in [0.4, 0.5) is 24.5 Å². The molecule has 0 bridgehead atoms. The van der Waals surface area contributed by atoms with Crippen molar-refractivity contribution in [3.05, 3.63) is 92.4 Å². The maximum absolute atomic E-state index is 13.4. The summed E-state index contributed by atoms with van der Waals surface area (Å²) >= 11 is 0. The second-order valence-corrected chi connectivity index (χ2v) is 9.38. The molecule has 0 radical (unpaired) electrons. The molecule has 0 unspecified atom stereocenters. The zero-order valence-corrected chi connectivity index (χ0v) is 18.9. The Morgan fingerprint density at radius 2 is 1.86 bits per heavy atom. The van der Waals surface area contributed by atoms with E-state index in [1.165, 1.54) is 35.2 Å². The molecule has 1 atom stereocenters. The molecule has 0 amide bonds.